The van der Waals surface area contributed by atoms with Crippen LogP contribution in [0.1, 0.15) is 12.5 Å². The molecule has 0 spiro atoms. The Hall–Kier alpha value is -2.32. The molecule has 2 rings (SSSR count). The molecule has 9 heteroatoms. The molecule has 1 amide bonds. The van der Waals surface area contributed by atoms with Gasteiger partial charge >= 0.3 is 0 Å². The van der Waals surface area contributed by atoms with Crippen LogP contribution in [0, 0.1) is 12.7 Å². The van der Waals surface area contributed by atoms with Gasteiger partial charge in [-0.15, -0.1) is 0 Å². The van der Waals surface area contributed by atoms with Crippen molar-refractivity contribution < 1.29 is 22.3 Å². The topological polar surface area (TPSA) is 75.7 Å². The highest BCUT2D eigenvalue weighted by atomic mass is 35.5. The number of halogens is 2. The molecule has 0 unspecified atom stereocenters. The van der Waals surface area contributed by atoms with Gasteiger partial charge in [0.25, 0.3) is 0 Å². The third-order valence-electron chi connectivity index (χ3n) is 3.81. The van der Waals surface area contributed by atoms with E-state index in [-0.39, 0.29) is 23.4 Å². The highest BCUT2D eigenvalue weighted by Gasteiger charge is 2.22. The molecule has 0 fully saturated rings. The second kappa shape index (κ2) is 9.25. The molecule has 0 saturated heterocycles. The average Bonchev–Trinajstić information content (AvgIpc) is 2.61. The summed E-state index contributed by atoms with van der Waals surface area (Å²) < 4.78 is 44.0. The summed E-state index contributed by atoms with van der Waals surface area (Å²) in [6.45, 7) is 3.46. The number of rotatable bonds is 8. The van der Waals surface area contributed by atoms with E-state index < -0.39 is 28.3 Å². The molecule has 0 bridgehead atoms. The van der Waals surface area contributed by atoms with Crippen molar-refractivity contribution in [3.63, 3.8) is 0 Å². The fourth-order valence-corrected chi connectivity index (χ4v) is 3.41. The second-order valence-corrected chi connectivity index (χ2v) is 8.77. The van der Waals surface area contributed by atoms with Crippen molar-refractivity contribution in [2.45, 2.75) is 19.9 Å². The molecule has 0 aliphatic carbocycles. The molecule has 0 radical (unpaired) electrons. The number of aryl methyl sites for hydroxylation is 1. The van der Waals surface area contributed by atoms with Crippen LogP contribution in [0.5, 0.6) is 5.75 Å². The minimum absolute atomic E-state index is 0.104. The lowest BCUT2D eigenvalue weighted by atomic mass is 10.2. The summed E-state index contributed by atoms with van der Waals surface area (Å²) in [5.74, 6) is -0.526. The number of amides is 1. The maximum Gasteiger partial charge on any atom is 0.241 e. The van der Waals surface area contributed by atoms with E-state index in [4.69, 9.17) is 16.3 Å². The molecule has 152 valence electrons. The average molecular weight is 429 g/mol. The summed E-state index contributed by atoms with van der Waals surface area (Å²) in [6, 6.07) is 10.6. The molecule has 1 atom stereocenters. The van der Waals surface area contributed by atoms with Gasteiger partial charge in [0.15, 0.2) is 0 Å². The predicted octanol–water partition coefficient (Wildman–Crippen LogP) is 3.14. The maximum atomic E-state index is 13.3. The zero-order valence-corrected chi connectivity index (χ0v) is 17.3. The van der Waals surface area contributed by atoms with Crippen molar-refractivity contribution in [2.24, 2.45) is 0 Å². The van der Waals surface area contributed by atoms with Crippen molar-refractivity contribution in [1.29, 1.82) is 0 Å². The lowest BCUT2D eigenvalue weighted by Crippen LogP contribution is -2.44. The number of benzene rings is 2. The van der Waals surface area contributed by atoms with E-state index >= 15 is 0 Å². The molecule has 0 aliphatic heterocycles. The Morgan fingerprint density at radius 3 is 2.46 bits per heavy atom. The Balaban J connectivity index is 1.99. The third-order valence-corrected chi connectivity index (χ3v) is 5.24. The van der Waals surface area contributed by atoms with E-state index in [1.165, 1.54) is 6.07 Å². The summed E-state index contributed by atoms with van der Waals surface area (Å²) in [5.41, 5.74) is 1.21. The molecule has 1 N–H and O–H groups in total. The van der Waals surface area contributed by atoms with Gasteiger partial charge in [-0.2, -0.15) is 0 Å². The number of hydrogen-bond acceptors (Lipinski definition) is 4. The molecule has 28 heavy (non-hydrogen) atoms. The Kier molecular flexibility index (Phi) is 7.26. The quantitative estimate of drug-likeness (QED) is 0.700. The molecular formula is C19H22ClFN2O4S. The fourth-order valence-electron chi connectivity index (χ4n) is 2.39. The summed E-state index contributed by atoms with van der Waals surface area (Å²) in [7, 11) is -3.78. The minimum atomic E-state index is -3.78. The van der Waals surface area contributed by atoms with Gasteiger partial charge in [0.2, 0.25) is 15.9 Å². The van der Waals surface area contributed by atoms with Crippen LogP contribution in [0.2, 0.25) is 5.02 Å². The Morgan fingerprint density at radius 1 is 1.25 bits per heavy atom. The zero-order valence-electron chi connectivity index (χ0n) is 15.8. The molecule has 6 nitrogen and oxygen atoms in total. The number of nitrogens with zero attached hydrogens (tertiary/aromatic N) is 1. The molecule has 0 heterocycles. The van der Waals surface area contributed by atoms with E-state index in [1.54, 1.807) is 6.92 Å². The van der Waals surface area contributed by atoms with Gasteiger partial charge in [-0.1, -0.05) is 29.3 Å². The number of nitrogens with one attached hydrogen (secondary N) is 1. The van der Waals surface area contributed by atoms with E-state index in [1.807, 2.05) is 31.2 Å². The monoisotopic (exact) mass is 428 g/mol. The Labute approximate surface area is 169 Å². The first kappa shape index (κ1) is 22.0. The van der Waals surface area contributed by atoms with Gasteiger partial charge in [0, 0.05) is 0 Å². The first-order valence-electron chi connectivity index (χ1n) is 8.48. The summed E-state index contributed by atoms with van der Waals surface area (Å²) in [6.07, 6.45) is 0.960. The van der Waals surface area contributed by atoms with Crippen molar-refractivity contribution in [3.05, 3.63) is 58.9 Å². The number of carbonyl (C=O) groups excluding carboxylic acids is 1. The number of anilines is 1. The van der Waals surface area contributed by atoms with Crippen molar-refractivity contribution in [3.8, 4) is 5.75 Å². The first-order chi connectivity index (χ1) is 13.1. The summed E-state index contributed by atoms with van der Waals surface area (Å²) in [4.78, 5) is 12.3. The Morgan fingerprint density at radius 2 is 1.89 bits per heavy atom. The van der Waals surface area contributed by atoms with E-state index in [2.05, 4.69) is 5.32 Å². The second-order valence-electron chi connectivity index (χ2n) is 6.46. The molecule has 2 aromatic carbocycles. The van der Waals surface area contributed by atoms with E-state index in [9.17, 15) is 17.6 Å². The molecular weight excluding hydrogens is 407 g/mol. The van der Waals surface area contributed by atoms with Crippen LogP contribution in [0.4, 0.5) is 10.1 Å². The van der Waals surface area contributed by atoms with E-state index in [0.717, 1.165) is 28.3 Å². The lowest BCUT2D eigenvalue weighted by molar-refractivity contribution is -0.120. The van der Waals surface area contributed by atoms with Crippen LogP contribution >= 0.6 is 11.6 Å². The predicted molar refractivity (Wildman–Crippen MR) is 108 cm³/mol. The maximum absolute atomic E-state index is 13.3. The standard InChI is InChI=1S/C19H22ClFN2O4S/c1-13-4-7-16(8-5-13)27-12-14(2)22-19(24)11-23(28(3,25)26)15-6-9-18(21)17(20)10-15/h4-10,14H,11-12H2,1-3H3,(H,22,24)/t14-/m0/s1. The smallest absolute Gasteiger partial charge is 0.241 e. The summed E-state index contributed by atoms with van der Waals surface area (Å²) in [5, 5.41) is 2.45. The lowest BCUT2D eigenvalue weighted by Gasteiger charge is -2.23. The van der Waals surface area contributed by atoms with Gasteiger partial charge in [-0.3, -0.25) is 9.10 Å². The van der Waals surface area contributed by atoms with Crippen LogP contribution < -0.4 is 14.4 Å². The number of ether oxygens (including phenoxy) is 1. The van der Waals surface area contributed by atoms with Gasteiger partial charge in [0.1, 0.15) is 24.7 Å². The molecule has 0 saturated carbocycles. The number of hydrogen-bond donors (Lipinski definition) is 1. The van der Waals surface area contributed by atoms with Crippen molar-refractivity contribution in [1.82, 2.24) is 5.32 Å². The molecule has 0 aliphatic rings. The normalized spacial score (nSPS) is 12.3. The molecule has 0 aromatic heterocycles. The van der Waals surface area contributed by atoms with Gasteiger partial charge in [-0.25, -0.2) is 12.8 Å². The highest BCUT2D eigenvalue weighted by Crippen LogP contribution is 2.24. The van der Waals surface area contributed by atoms with E-state index in [0.29, 0.717) is 5.75 Å². The van der Waals surface area contributed by atoms with Crippen molar-refractivity contribution in [2.75, 3.05) is 23.7 Å². The third kappa shape index (κ3) is 6.38. The largest absolute Gasteiger partial charge is 0.491 e. The zero-order chi connectivity index (χ0) is 20.9. The Bertz CT molecular complexity index is 935. The van der Waals surface area contributed by atoms with Crippen molar-refractivity contribution >= 4 is 33.2 Å². The van der Waals surface area contributed by atoms with Gasteiger partial charge < -0.3 is 10.1 Å². The van der Waals surface area contributed by atoms with Crippen LogP contribution in [0.3, 0.4) is 0 Å². The number of carbonyl (C=O) groups is 1. The fraction of sp³-hybridized carbons (Fsp3) is 0.316. The van der Waals surface area contributed by atoms with Crippen LogP contribution in [0.15, 0.2) is 42.5 Å². The van der Waals surface area contributed by atoms with Gasteiger partial charge in [0.05, 0.1) is 23.0 Å². The SMILES string of the molecule is Cc1ccc(OC[C@H](C)NC(=O)CN(c2ccc(F)c(Cl)c2)S(C)(=O)=O)cc1. The van der Waals surface area contributed by atoms with Crippen LogP contribution in [-0.2, 0) is 14.8 Å². The van der Waals surface area contributed by atoms with Crippen LogP contribution in [-0.4, -0.2) is 39.8 Å². The minimum Gasteiger partial charge on any atom is -0.491 e. The van der Waals surface area contributed by atoms with Gasteiger partial charge in [-0.05, 0) is 44.2 Å². The summed E-state index contributed by atoms with van der Waals surface area (Å²) >= 11 is 5.72. The van der Waals surface area contributed by atoms with Crippen LogP contribution in [0.25, 0.3) is 0 Å². The molecule has 2 aromatic rings. The first-order valence-corrected chi connectivity index (χ1v) is 10.7. The number of sulfonamides is 1. The highest BCUT2D eigenvalue weighted by molar-refractivity contribution is 7.92.